The Labute approximate surface area is 113 Å². The van der Waals surface area contributed by atoms with Crippen LogP contribution >= 0.6 is 0 Å². The second-order valence-electron chi connectivity index (χ2n) is 5.27. The molecule has 1 N–H and O–H groups in total. The number of nitrogens with one attached hydrogen (secondary N) is 1. The first-order valence-electron chi connectivity index (χ1n) is 6.88. The van der Waals surface area contributed by atoms with Crippen LogP contribution in [0.1, 0.15) is 38.4 Å². The van der Waals surface area contributed by atoms with E-state index in [0.29, 0.717) is 13.2 Å². The van der Waals surface area contributed by atoms with E-state index in [0.717, 1.165) is 19.4 Å². The molecule has 0 spiro atoms. The molecule has 1 aromatic carbocycles. The molecule has 19 heavy (non-hydrogen) atoms. The fourth-order valence-electron chi connectivity index (χ4n) is 2.56. The average Bonchev–Trinajstić information content (AvgIpc) is 2.62. The van der Waals surface area contributed by atoms with Gasteiger partial charge in [-0.3, -0.25) is 0 Å². The van der Waals surface area contributed by atoms with Gasteiger partial charge in [0.1, 0.15) is 17.7 Å². The van der Waals surface area contributed by atoms with Crippen LogP contribution in [0.3, 0.4) is 0 Å². The zero-order valence-electron chi connectivity index (χ0n) is 11.5. The van der Waals surface area contributed by atoms with Crippen molar-refractivity contribution < 1.29 is 13.5 Å². The Morgan fingerprint density at radius 1 is 1.26 bits per heavy atom. The van der Waals surface area contributed by atoms with E-state index in [9.17, 15) is 8.78 Å². The van der Waals surface area contributed by atoms with E-state index in [2.05, 4.69) is 19.2 Å². The van der Waals surface area contributed by atoms with Crippen molar-refractivity contribution in [3.8, 4) is 0 Å². The summed E-state index contributed by atoms with van der Waals surface area (Å²) in [5.41, 5.74) is 0.106. The van der Waals surface area contributed by atoms with Crippen molar-refractivity contribution in [3.63, 3.8) is 0 Å². The largest absolute Gasteiger partial charge is 0.371 e. The fraction of sp³-hybridized carbons (Fsp3) is 0.600. The molecule has 1 heterocycles. The minimum absolute atomic E-state index is 0.0398. The SMILES string of the molecule is CCC1(CC)CNCC(c2c(F)cccc2F)OC1. The fourth-order valence-corrected chi connectivity index (χ4v) is 2.56. The van der Waals surface area contributed by atoms with Crippen molar-refractivity contribution in [2.75, 3.05) is 19.7 Å². The van der Waals surface area contributed by atoms with Gasteiger partial charge in [-0.2, -0.15) is 0 Å². The first-order valence-corrected chi connectivity index (χ1v) is 6.88. The Hall–Kier alpha value is -1.00. The Bertz CT molecular complexity index is 412. The molecule has 2 rings (SSSR count). The van der Waals surface area contributed by atoms with Crippen molar-refractivity contribution in [1.29, 1.82) is 0 Å². The van der Waals surface area contributed by atoms with E-state index in [1.165, 1.54) is 18.2 Å². The summed E-state index contributed by atoms with van der Waals surface area (Å²) in [6, 6.07) is 3.93. The molecule has 0 bridgehead atoms. The molecule has 1 aliphatic heterocycles. The van der Waals surface area contributed by atoms with Crippen LogP contribution in [0.15, 0.2) is 18.2 Å². The van der Waals surface area contributed by atoms with E-state index < -0.39 is 17.7 Å². The number of ether oxygens (including phenoxy) is 1. The van der Waals surface area contributed by atoms with Gasteiger partial charge in [0.25, 0.3) is 0 Å². The van der Waals surface area contributed by atoms with E-state index in [1.54, 1.807) is 0 Å². The first-order chi connectivity index (χ1) is 9.12. The van der Waals surface area contributed by atoms with Crippen LogP contribution in [-0.4, -0.2) is 19.7 Å². The van der Waals surface area contributed by atoms with E-state index in [-0.39, 0.29) is 11.0 Å². The summed E-state index contributed by atoms with van der Waals surface area (Å²) in [5.74, 6) is -1.07. The van der Waals surface area contributed by atoms with Crippen molar-refractivity contribution in [1.82, 2.24) is 5.32 Å². The van der Waals surface area contributed by atoms with Gasteiger partial charge in [0, 0.05) is 18.5 Å². The summed E-state index contributed by atoms with van der Waals surface area (Å²) in [5, 5.41) is 3.28. The predicted molar refractivity (Wildman–Crippen MR) is 70.9 cm³/mol. The van der Waals surface area contributed by atoms with Gasteiger partial charge in [0.15, 0.2) is 0 Å². The van der Waals surface area contributed by atoms with Crippen LogP contribution in [0, 0.1) is 17.0 Å². The van der Waals surface area contributed by atoms with Crippen LogP contribution in [0.25, 0.3) is 0 Å². The lowest BCUT2D eigenvalue weighted by Crippen LogP contribution is -2.34. The van der Waals surface area contributed by atoms with Gasteiger partial charge in [-0.15, -0.1) is 0 Å². The zero-order valence-corrected chi connectivity index (χ0v) is 11.5. The smallest absolute Gasteiger partial charge is 0.132 e. The Balaban J connectivity index is 2.20. The van der Waals surface area contributed by atoms with Gasteiger partial charge in [0.05, 0.1) is 12.2 Å². The van der Waals surface area contributed by atoms with Gasteiger partial charge in [-0.25, -0.2) is 8.78 Å². The molecule has 0 radical (unpaired) electrons. The van der Waals surface area contributed by atoms with Gasteiger partial charge >= 0.3 is 0 Å². The molecule has 1 unspecified atom stereocenters. The lowest BCUT2D eigenvalue weighted by molar-refractivity contribution is 0.00709. The molecule has 1 atom stereocenters. The summed E-state index contributed by atoms with van der Waals surface area (Å²) in [7, 11) is 0. The number of benzene rings is 1. The van der Waals surface area contributed by atoms with Gasteiger partial charge in [0.2, 0.25) is 0 Å². The lowest BCUT2D eigenvalue weighted by Gasteiger charge is -2.29. The van der Waals surface area contributed by atoms with Gasteiger partial charge in [-0.05, 0) is 25.0 Å². The predicted octanol–water partition coefficient (Wildman–Crippen LogP) is 3.43. The minimum Gasteiger partial charge on any atom is -0.371 e. The topological polar surface area (TPSA) is 21.3 Å². The zero-order chi connectivity index (χ0) is 13.9. The van der Waals surface area contributed by atoms with E-state index in [4.69, 9.17) is 4.74 Å². The summed E-state index contributed by atoms with van der Waals surface area (Å²) in [6.45, 7) is 6.05. The van der Waals surface area contributed by atoms with Crippen LogP contribution in [0.4, 0.5) is 8.78 Å². The van der Waals surface area contributed by atoms with E-state index in [1.807, 2.05) is 0 Å². The molecule has 0 aliphatic carbocycles. The quantitative estimate of drug-likeness (QED) is 0.907. The average molecular weight is 269 g/mol. The third-order valence-corrected chi connectivity index (χ3v) is 4.24. The second-order valence-corrected chi connectivity index (χ2v) is 5.27. The molecule has 0 aromatic heterocycles. The number of halogens is 2. The first kappa shape index (κ1) is 14.4. The molecule has 1 fully saturated rings. The second kappa shape index (κ2) is 5.97. The normalized spacial score (nSPS) is 23.1. The summed E-state index contributed by atoms with van der Waals surface area (Å²) < 4.78 is 33.4. The molecular formula is C15H21F2NO. The Morgan fingerprint density at radius 2 is 1.89 bits per heavy atom. The van der Waals surface area contributed by atoms with Crippen molar-refractivity contribution >= 4 is 0 Å². The molecular weight excluding hydrogens is 248 g/mol. The highest BCUT2D eigenvalue weighted by Crippen LogP contribution is 2.32. The monoisotopic (exact) mass is 269 g/mol. The highest BCUT2D eigenvalue weighted by molar-refractivity contribution is 5.22. The molecule has 0 amide bonds. The Morgan fingerprint density at radius 3 is 2.47 bits per heavy atom. The van der Waals surface area contributed by atoms with Crippen LogP contribution in [0.5, 0.6) is 0 Å². The van der Waals surface area contributed by atoms with Gasteiger partial charge < -0.3 is 10.1 Å². The van der Waals surface area contributed by atoms with E-state index >= 15 is 0 Å². The molecule has 2 nitrogen and oxygen atoms in total. The summed E-state index contributed by atoms with van der Waals surface area (Å²) in [4.78, 5) is 0. The van der Waals surface area contributed by atoms with Crippen LogP contribution in [-0.2, 0) is 4.74 Å². The summed E-state index contributed by atoms with van der Waals surface area (Å²) >= 11 is 0. The molecule has 1 aromatic rings. The van der Waals surface area contributed by atoms with Crippen LogP contribution < -0.4 is 5.32 Å². The Kier molecular flexibility index (Phi) is 4.53. The van der Waals surface area contributed by atoms with Crippen molar-refractivity contribution in [2.24, 2.45) is 5.41 Å². The van der Waals surface area contributed by atoms with Gasteiger partial charge in [-0.1, -0.05) is 19.9 Å². The standard InChI is InChI=1S/C15H21F2NO/c1-3-15(4-2)9-18-8-13(19-10-15)14-11(16)6-5-7-12(14)17/h5-7,13,18H,3-4,8-10H2,1-2H3. The maximum Gasteiger partial charge on any atom is 0.132 e. The number of rotatable bonds is 3. The summed E-state index contributed by atoms with van der Waals surface area (Å²) in [6.07, 6.45) is 1.42. The molecule has 0 saturated carbocycles. The van der Waals surface area contributed by atoms with Crippen LogP contribution in [0.2, 0.25) is 0 Å². The highest BCUT2D eigenvalue weighted by atomic mass is 19.1. The molecule has 1 saturated heterocycles. The number of hydrogen-bond donors (Lipinski definition) is 1. The molecule has 4 heteroatoms. The number of hydrogen-bond acceptors (Lipinski definition) is 2. The maximum atomic E-state index is 13.8. The lowest BCUT2D eigenvalue weighted by atomic mass is 9.83. The molecule has 106 valence electrons. The highest BCUT2D eigenvalue weighted by Gasteiger charge is 2.32. The maximum absolute atomic E-state index is 13.8. The third kappa shape index (κ3) is 2.95. The van der Waals surface area contributed by atoms with Crippen molar-refractivity contribution in [2.45, 2.75) is 32.8 Å². The van der Waals surface area contributed by atoms with Crippen molar-refractivity contribution in [3.05, 3.63) is 35.4 Å². The third-order valence-electron chi connectivity index (χ3n) is 4.24. The minimum atomic E-state index is -0.554. The molecule has 1 aliphatic rings.